The van der Waals surface area contributed by atoms with Gasteiger partial charge in [-0.2, -0.15) is 0 Å². The van der Waals surface area contributed by atoms with Crippen LogP contribution < -0.4 is 9.80 Å². The Kier molecular flexibility index (Phi) is 15.7. The molecule has 0 bridgehead atoms. The SMILES string of the molecule is CC1(C)c2ccccc2-c2ccc(N(c3ccc(-c4cc5ccccc5c5ccccc45)cc3)c3ccc(-c4cc5ccccc5c5ccccc45)cc3)cc21.CC1(C)c2ccccc2-c2ccc(N(c3ccc(-c4ccc5ccc6ccccc6c5c4)cc3)c3ccc(-c4cc5ccccc5c5ccccc45)cc3)cc21. The highest BCUT2D eigenvalue weighted by molar-refractivity contribution is 6.17. The molecule has 0 aromatic heterocycles. The maximum atomic E-state index is 2.42. The molecule has 0 aliphatic heterocycles. The van der Waals surface area contributed by atoms with Crippen LogP contribution in [0.5, 0.6) is 0 Å². The minimum Gasteiger partial charge on any atom is -0.310 e. The van der Waals surface area contributed by atoms with E-state index in [4.69, 9.17) is 0 Å². The molecule has 0 saturated heterocycles. The van der Waals surface area contributed by atoms with Gasteiger partial charge in [0, 0.05) is 45.0 Å². The first-order chi connectivity index (χ1) is 55.0. The highest BCUT2D eigenvalue weighted by Gasteiger charge is 2.37. The van der Waals surface area contributed by atoms with Crippen LogP contribution >= 0.6 is 0 Å². The Morgan fingerprint density at radius 1 is 0.152 bits per heavy atom. The van der Waals surface area contributed by atoms with Crippen LogP contribution in [0.2, 0.25) is 0 Å². The fourth-order valence-electron chi connectivity index (χ4n) is 18.8. The Balaban J connectivity index is 0.000000141. The zero-order valence-electron chi connectivity index (χ0n) is 63.0. The zero-order chi connectivity index (χ0) is 74.8. The maximum Gasteiger partial charge on any atom is 0.0465 e. The first-order valence-electron chi connectivity index (χ1n) is 39.2. The first kappa shape index (κ1) is 66.3. The molecule has 0 radical (unpaired) electrons. The number of anilines is 6. The quantitative estimate of drug-likeness (QED) is 0.126. The summed E-state index contributed by atoms with van der Waals surface area (Å²) in [5.41, 5.74) is 27.2. The van der Waals surface area contributed by atoms with E-state index in [1.54, 1.807) is 0 Å². The number of hydrogen-bond acceptors (Lipinski definition) is 2. The summed E-state index contributed by atoms with van der Waals surface area (Å²) in [5, 5.41) is 20.4. The van der Waals surface area contributed by atoms with Crippen LogP contribution in [0, 0.1) is 0 Å². The van der Waals surface area contributed by atoms with Gasteiger partial charge in [0.15, 0.2) is 0 Å². The highest BCUT2D eigenvalue weighted by Crippen LogP contribution is 2.54. The molecule has 112 heavy (non-hydrogen) atoms. The van der Waals surface area contributed by atoms with Crippen molar-refractivity contribution in [2.24, 2.45) is 0 Å². The lowest BCUT2D eigenvalue weighted by Crippen LogP contribution is -2.16. The average Bonchev–Trinajstić information content (AvgIpc) is 1.56. The van der Waals surface area contributed by atoms with Crippen LogP contribution in [-0.2, 0) is 10.8 Å². The summed E-state index contributed by atoms with van der Waals surface area (Å²) in [6.45, 7) is 9.43. The van der Waals surface area contributed by atoms with E-state index in [0.717, 1.165) is 34.1 Å². The van der Waals surface area contributed by atoms with Crippen molar-refractivity contribution >= 4 is 120 Å². The molecule has 528 valence electrons. The predicted octanol–water partition coefficient (Wildman–Crippen LogP) is 30.8. The van der Waals surface area contributed by atoms with Gasteiger partial charge in [-0.1, -0.05) is 331 Å². The molecule has 0 spiro atoms. The van der Waals surface area contributed by atoms with Gasteiger partial charge >= 0.3 is 0 Å². The van der Waals surface area contributed by atoms with Crippen LogP contribution in [0.25, 0.3) is 153 Å². The van der Waals surface area contributed by atoms with Crippen molar-refractivity contribution in [3.8, 4) is 66.8 Å². The monoisotopic (exact) mass is 1430 g/mol. The second-order valence-corrected chi connectivity index (χ2v) is 31.5. The van der Waals surface area contributed by atoms with Crippen molar-refractivity contribution in [1.82, 2.24) is 0 Å². The van der Waals surface area contributed by atoms with Crippen LogP contribution in [0.4, 0.5) is 34.1 Å². The molecule has 22 rings (SSSR count). The highest BCUT2D eigenvalue weighted by atomic mass is 15.1. The predicted molar refractivity (Wildman–Crippen MR) is 479 cm³/mol. The molecule has 2 nitrogen and oxygen atoms in total. The standard InChI is InChI=1S/2C55H39N/c1-55(2)53-22-12-11-21-49(53)50-32-31-42(35-54(50)55)56(40-27-23-36(24-28-40)51-33-38-13-3-5-15-43(38)45-17-7-9-19-47(45)51)41-29-25-37(26-30-41)52-34-39-14-4-6-16-44(39)46-18-8-10-20-48(46)52;1-55(2)53-18-10-9-17-49(53)50-32-31-44(35-54(50)55)56(42-27-23-36(24-28-42)40-22-21-38-20-19-37-11-3-5-13-45(37)51(38)33-40)43-29-25-39(26-30-43)52-34-41-12-4-6-14-46(41)47-15-7-8-16-48(47)52/h2*3-35H,1-2H3. The third-order valence-electron chi connectivity index (χ3n) is 24.5. The number of rotatable bonds is 10. The Hall–Kier alpha value is -13.9. The van der Waals surface area contributed by atoms with Gasteiger partial charge in [0.05, 0.1) is 0 Å². The minimum absolute atomic E-state index is 0.0985. The molecule has 0 N–H and O–H groups in total. The van der Waals surface area contributed by atoms with E-state index in [1.165, 1.54) is 175 Å². The third kappa shape index (κ3) is 11.0. The lowest BCUT2D eigenvalue weighted by Gasteiger charge is -2.28. The zero-order valence-corrected chi connectivity index (χ0v) is 63.0. The Bertz CT molecular complexity index is 6990. The molecule has 2 heteroatoms. The van der Waals surface area contributed by atoms with E-state index in [2.05, 4.69) is 438 Å². The van der Waals surface area contributed by atoms with Crippen molar-refractivity contribution in [2.45, 2.75) is 38.5 Å². The van der Waals surface area contributed by atoms with Crippen molar-refractivity contribution < 1.29 is 0 Å². The molecule has 0 amide bonds. The molecule has 0 fully saturated rings. The Morgan fingerprint density at radius 2 is 0.411 bits per heavy atom. The normalized spacial score (nSPS) is 13.0. The van der Waals surface area contributed by atoms with Crippen molar-refractivity contribution in [1.29, 1.82) is 0 Å². The van der Waals surface area contributed by atoms with Crippen LogP contribution in [0.1, 0.15) is 49.9 Å². The van der Waals surface area contributed by atoms with Crippen LogP contribution in [0.3, 0.4) is 0 Å². The van der Waals surface area contributed by atoms with Gasteiger partial charge in [-0.05, 0) is 272 Å². The second-order valence-electron chi connectivity index (χ2n) is 31.5. The number of benzene rings is 20. The lowest BCUT2D eigenvalue weighted by molar-refractivity contribution is 0.660. The number of fused-ring (bicyclic) bond motifs is 18. The first-order valence-corrected chi connectivity index (χ1v) is 39.2. The summed E-state index contributed by atoms with van der Waals surface area (Å²) >= 11 is 0. The Morgan fingerprint density at radius 3 is 0.786 bits per heavy atom. The van der Waals surface area contributed by atoms with Crippen LogP contribution in [-0.4, -0.2) is 0 Å². The summed E-state index contributed by atoms with van der Waals surface area (Å²) < 4.78 is 0. The summed E-state index contributed by atoms with van der Waals surface area (Å²) in [7, 11) is 0. The van der Waals surface area contributed by atoms with E-state index in [-0.39, 0.29) is 10.8 Å². The average molecular weight is 1430 g/mol. The van der Waals surface area contributed by atoms with Gasteiger partial charge in [0.1, 0.15) is 0 Å². The summed E-state index contributed by atoms with van der Waals surface area (Å²) in [4.78, 5) is 4.84. The summed E-state index contributed by atoms with van der Waals surface area (Å²) in [5.74, 6) is 0. The molecule has 0 saturated carbocycles. The van der Waals surface area contributed by atoms with Gasteiger partial charge in [-0.3, -0.25) is 0 Å². The van der Waals surface area contributed by atoms with E-state index in [9.17, 15) is 0 Å². The molecule has 0 heterocycles. The van der Waals surface area contributed by atoms with E-state index < -0.39 is 0 Å². The van der Waals surface area contributed by atoms with Gasteiger partial charge in [0.2, 0.25) is 0 Å². The molecule has 20 aromatic rings. The number of nitrogens with zero attached hydrogens (tertiary/aromatic N) is 2. The Labute approximate surface area is 653 Å². The fourth-order valence-corrected chi connectivity index (χ4v) is 18.8. The molecule has 20 aromatic carbocycles. The second kappa shape index (κ2) is 26.4. The van der Waals surface area contributed by atoms with E-state index in [0.29, 0.717) is 0 Å². The van der Waals surface area contributed by atoms with Crippen molar-refractivity contribution in [3.05, 3.63) is 423 Å². The third-order valence-corrected chi connectivity index (χ3v) is 24.5. The number of hydrogen-bond donors (Lipinski definition) is 0. The smallest absolute Gasteiger partial charge is 0.0465 e. The molecule has 0 atom stereocenters. The molecule has 0 unspecified atom stereocenters. The lowest BCUT2D eigenvalue weighted by atomic mass is 9.82. The summed E-state index contributed by atoms with van der Waals surface area (Å²) in [6, 6.07) is 148. The van der Waals surface area contributed by atoms with Gasteiger partial charge in [-0.15, -0.1) is 0 Å². The van der Waals surface area contributed by atoms with Crippen molar-refractivity contribution in [3.63, 3.8) is 0 Å². The summed E-state index contributed by atoms with van der Waals surface area (Å²) in [6.07, 6.45) is 0. The molecule has 2 aliphatic rings. The van der Waals surface area contributed by atoms with Gasteiger partial charge < -0.3 is 9.80 Å². The van der Waals surface area contributed by atoms with Crippen molar-refractivity contribution in [2.75, 3.05) is 9.80 Å². The van der Waals surface area contributed by atoms with E-state index in [1.807, 2.05) is 0 Å². The largest absolute Gasteiger partial charge is 0.310 e. The molecule has 2 aliphatic carbocycles. The molecular formula is C110H78N2. The molecular weight excluding hydrogens is 1350 g/mol. The van der Waals surface area contributed by atoms with Crippen LogP contribution in [0.15, 0.2) is 400 Å². The fraction of sp³-hybridized carbons (Fsp3) is 0.0545. The minimum atomic E-state index is -0.102. The van der Waals surface area contributed by atoms with Gasteiger partial charge in [-0.25, -0.2) is 0 Å². The maximum absolute atomic E-state index is 2.42. The van der Waals surface area contributed by atoms with Gasteiger partial charge in [0.25, 0.3) is 0 Å². The van der Waals surface area contributed by atoms with E-state index >= 15 is 0 Å². The topological polar surface area (TPSA) is 6.48 Å².